The molecule has 0 saturated heterocycles. The number of rotatable bonds is 5. The van der Waals surface area contributed by atoms with Crippen molar-refractivity contribution in [2.75, 3.05) is 0 Å². The Morgan fingerprint density at radius 3 is 2.37 bits per heavy atom. The summed E-state index contributed by atoms with van der Waals surface area (Å²) in [5, 5.41) is 0.794. The van der Waals surface area contributed by atoms with Crippen LogP contribution in [-0.2, 0) is 19.6 Å². The Hall–Kier alpha value is -1.51. The van der Waals surface area contributed by atoms with Crippen LogP contribution in [0.2, 0.25) is 5.02 Å². The van der Waals surface area contributed by atoms with Crippen LogP contribution in [0.1, 0.15) is 23.6 Å². The van der Waals surface area contributed by atoms with E-state index in [-0.39, 0.29) is 0 Å². The fourth-order valence-electron chi connectivity index (χ4n) is 1.85. The first-order valence-electron chi connectivity index (χ1n) is 6.42. The maximum absolute atomic E-state index is 6.08. The minimum absolute atomic E-state index is 0.551. The van der Waals surface area contributed by atoms with Crippen LogP contribution in [0.5, 0.6) is 5.75 Å². The standard InChI is InChI=1S/C16H18ClNO/c1-2-14-9-15(7-8-16(14)17)19-11-13-5-3-12(10-18)4-6-13/h3-9H,2,10-11,18H2,1H3. The quantitative estimate of drug-likeness (QED) is 0.897. The summed E-state index contributed by atoms with van der Waals surface area (Å²) in [7, 11) is 0. The van der Waals surface area contributed by atoms with Crippen LogP contribution in [0.3, 0.4) is 0 Å². The van der Waals surface area contributed by atoms with Crippen LogP contribution in [-0.4, -0.2) is 0 Å². The fourth-order valence-corrected chi connectivity index (χ4v) is 2.10. The van der Waals surface area contributed by atoms with Crippen molar-refractivity contribution in [3.63, 3.8) is 0 Å². The highest BCUT2D eigenvalue weighted by atomic mass is 35.5. The van der Waals surface area contributed by atoms with E-state index in [1.54, 1.807) is 0 Å². The van der Waals surface area contributed by atoms with Gasteiger partial charge in [-0.05, 0) is 41.3 Å². The van der Waals surface area contributed by atoms with Gasteiger partial charge in [-0.1, -0.05) is 42.8 Å². The van der Waals surface area contributed by atoms with Gasteiger partial charge in [-0.3, -0.25) is 0 Å². The second-order valence-electron chi connectivity index (χ2n) is 4.42. The summed E-state index contributed by atoms with van der Waals surface area (Å²) in [6.07, 6.45) is 0.904. The molecule has 0 radical (unpaired) electrons. The number of benzene rings is 2. The summed E-state index contributed by atoms with van der Waals surface area (Å²) in [4.78, 5) is 0. The zero-order chi connectivity index (χ0) is 13.7. The highest BCUT2D eigenvalue weighted by molar-refractivity contribution is 6.31. The first kappa shape index (κ1) is 13.9. The highest BCUT2D eigenvalue weighted by Gasteiger charge is 2.01. The van der Waals surface area contributed by atoms with Crippen LogP contribution in [0.4, 0.5) is 0 Å². The van der Waals surface area contributed by atoms with Gasteiger partial charge in [0, 0.05) is 11.6 Å². The molecule has 0 saturated carbocycles. The number of hydrogen-bond donors (Lipinski definition) is 1. The molecule has 0 spiro atoms. The van der Waals surface area contributed by atoms with E-state index in [1.165, 1.54) is 0 Å². The molecular weight excluding hydrogens is 258 g/mol. The lowest BCUT2D eigenvalue weighted by Gasteiger charge is -2.09. The molecule has 19 heavy (non-hydrogen) atoms. The van der Waals surface area contributed by atoms with Gasteiger partial charge in [0.25, 0.3) is 0 Å². The van der Waals surface area contributed by atoms with Crippen LogP contribution >= 0.6 is 11.6 Å². The van der Waals surface area contributed by atoms with Crippen LogP contribution < -0.4 is 10.5 Å². The van der Waals surface area contributed by atoms with Gasteiger partial charge in [-0.15, -0.1) is 0 Å². The third-order valence-corrected chi connectivity index (χ3v) is 3.43. The summed E-state index contributed by atoms with van der Waals surface area (Å²) >= 11 is 6.08. The third-order valence-electron chi connectivity index (χ3n) is 3.06. The number of nitrogens with two attached hydrogens (primary N) is 1. The molecule has 0 aliphatic rings. The van der Waals surface area contributed by atoms with Crippen molar-refractivity contribution in [2.45, 2.75) is 26.5 Å². The van der Waals surface area contributed by atoms with Gasteiger partial charge in [-0.25, -0.2) is 0 Å². The Labute approximate surface area is 119 Å². The number of hydrogen-bond acceptors (Lipinski definition) is 2. The minimum atomic E-state index is 0.551. The molecular formula is C16H18ClNO. The largest absolute Gasteiger partial charge is 0.489 e. The van der Waals surface area contributed by atoms with E-state index < -0.39 is 0 Å². The molecule has 0 unspecified atom stereocenters. The zero-order valence-corrected chi connectivity index (χ0v) is 11.8. The van der Waals surface area contributed by atoms with E-state index >= 15 is 0 Å². The maximum atomic E-state index is 6.08. The molecule has 0 aliphatic carbocycles. The topological polar surface area (TPSA) is 35.2 Å². The average Bonchev–Trinajstić information content (AvgIpc) is 2.47. The zero-order valence-electron chi connectivity index (χ0n) is 11.0. The first-order chi connectivity index (χ1) is 9.22. The highest BCUT2D eigenvalue weighted by Crippen LogP contribution is 2.23. The smallest absolute Gasteiger partial charge is 0.120 e. The van der Waals surface area contributed by atoms with Gasteiger partial charge in [0.05, 0.1) is 0 Å². The SMILES string of the molecule is CCc1cc(OCc2ccc(CN)cc2)ccc1Cl. The molecule has 0 amide bonds. The minimum Gasteiger partial charge on any atom is -0.489 e. The van der Waals surface area contributed by atoms with Gasteiger partial charge in [0.1, 0.15) is 12.4 Å². The van der Waals surface area contributed by atoms with Crippen molar-refractivity contribution >= 4 is 11.6 Å². The summed E-state index contributed by atoms with van der Waals surface area (Å²) in [6.45, 7) is 3.20. The van der Waals surface area contributed by atoms with Crippen molar-refractivity contribution in [1.29, 1.82) is 0 Å². The lowest BCUT2D eigenvalue weighted by Crippen LogP contribution is -1.99. The number of ether oxygens (including phenoxy) is 1. The first-order valence-corrected chi connectivity index (χ1v) is 6.80. The Bertz CT molecular complexity index is 537. The second kappa shape index (κ2) is 6.60. The number of halogens is 1. The van der Waals surface area contributed by atoms with E-state index in [4.69, 9.17) is 22.1 Å². The molecule has 0 heterocycles. The van der Waals surface area contributed by atoms with Crippen molar-refractivity contribution < 1.29 is 4.74 Å². The van der Waals surface area contributed by atoms with Gasteiger partial charge in [-0.2, -0.15) is 0 Å². The molecule has 0 fully saturated rings. The van der Waals surface area contributed by atoms with Gasteiger partial charge >= 0.3 is 0 Å². The van der Waals surface area contributed by atoms with Gasteiger partial charge in [0.2, 0.25) is 0 Å². The molecule has 2 N–H and O–H groups in total. The molecule has 2 nitrogen and oxygen atoms in total. The van der Waals surface area contributed by atoms with Crippen molar-refractivity contribution in [1.82, 2.24) is 0 Å². The Balaban J connectivity index is 2.01. The van der Waals surface area contributed by atoms with Crippen LogP contribution in [0, 0.1) is 0 Å². The number of aryl methyl sites for hydroxylation is 1. The Kier molecular flexibility index (Phi) is 4.83. The van der Waals surface area contributed by atoms with Crippen LogP contribution in [0.15, 0.2) is 42.5 Å². The predicted octanol–water partition coefficient (Wildman–Crippen LogP) is 3.94. The van der Waals surface area contributed by atoms with E-state index in [0.717, 1.165) is 33.9 Å². The molecule has 2 aromatic rings. The Morgan fingerprint density at radius 2 is 1.74 bits per heavy atom. The summed E-state index contributed by atoms with van der Waals surface area (Å²) in [5.74, 6) is 0.851. The summed E-state index contributed by atoms with van der Waals surface area (Å²) < 4.78 is 5.77. The average molecular weight is 276 g/mol. The molecule has 2 aromatic carbocycles. The van der Waals surface area contributed by atoms with E-state index in [9.17, 15) is 0 Å². The molecule has 0 aromatic heterocycles. The van der Waals surface area contributed by atoms with E-state index in [2.05, 4.69) is 6.92 Å². The summed E-state index contributed by atoms with van der Waals surface area (Å²) in [6, 6.07) is 13.9. The second-order valence-corrected chi connectivity index (χ2v) is 4.82. The van der Waals surface area contributed by atoms with Crippen molar-refractivity contribution in [3.05, 3.63) is 64.2 Å². The molecule has 2 rings (SSSR count). The van der Waals surface area contributed by atoms with Gasteiger partial charge < -0.3 is 10.5 Å². The lowest BCUT2D eigenvalue weighted by molar-refractivity contribution is 0.306. The molecule has 100 valence electrons. The molecule has 0 atom stereocenters. The van der Waals surface area contributed by atoms with Crippen molar-refractivity contribution in [2.24, 2.45) is 5.73 Å². The predicted molar refractivity (Wildman–Crippen MR) is 79.5 cm³/mol. The Morgan fingerprint density at radius 1 is 1.05 bits per heavy atom. The molecule has 0 bridgehead atoms. The fraction of sp³-hybridized carbons (Fsp3) is 0.250. The van der Waals surface area contributed by atoms with Crippen LogP contribution in [0.25, 0.3) is 0 Å². The normalized spacial score (nSPS) is 10.5. The van der Waals surface area contributed by atoms with Gasteiger partial charge in [0.15, 0.2) is 0 Å². The molecule has 3 heteroatoms. The third kappa shape index (κ3) is 3.72. The summed E-state index contributed by atoms with van der Waals surface area (Å²) in [5.41, 5.74) is 8.93. The lowest BCUT2D eigenvalue weighted by atomic mass is 10.1. The monoisotopic (exact) mass is 275 g/mol. The molecule has 0 aliphatic heterocycles. The maximum Gasteiger partial charge on any atom is 0.120 e. The van der Waals surface area contributed by atoms with Crippen molar-refractivity contribution in [3.8, 4) is 5.75 Å². The van der Waals surface area contributed by atoms with E-state index in [0.29, 0.717) is 13.2 Å². The van der Waals surface area contributed by atoms with E-state index in [1.807, 2.05) is 42.5 Å².